The molecule has 1 atom stereocenters. The van der Waals surface area contributed by atoms with Gasteiger partial charge in [0.15, 0.2) is 0 Å². The number of ether oxygens (including phenoxy) is 1. The summed E-state index contributed by atoms with van der Waals surface area (Å²) in [5.74, 6) is 0.708. The van der Waals surface area contributed by atoms with Crippen LogP contribution in [0.4, 0.5) is 0 Å². The summed E-state index contributed by atoms with van der Waals surface area (Å²) in [5, 5.41) is 12.6. The van der Waals surface area contributed by atoms with Gasteiger partial charge in [-0.15, -0.1) is 0 Å². The van der Waals surface area contributed by atoms with E-state index in [1.165, 1.54) is 5.56 Å². The Kier molecular flexibility index (Phi) is 5.62. The second-order valence-corrected chi connectivity index (χ2v) is 5.96. The van der Waals surface area contributed by atoms with E-state index < -0.39 is 5.97 Å². The van der Waals surface area contributed by atoms with Crippen LogP contribution >= 0.6 is 0 Å². The van der Waals surface area contributed by atoms with Crippen molar-refractivity contribution in [3.05, 3.63) is 29.8 Å². The third-order valence-corrected chi connectivity index (χ3v) is 4.50. The SMILES string of the molecule is COc1cccc(C(C)NCC2CCC(C(=O)O)CC2)c1. The molecule has 0 radical (unpaired) electrons. The first kappa shape index (κ1) is 15.8. The number of benzene rings is 1. The second-order valence-electron chi connectivity index (χ2n) is 5.96. The van der Waals surface area contributed by atoms with Crippen molar-refractivity contribution in [3.63, 3.8) is 0 Å². The maximum atomic E-state index is 10.9. The lowest BCUT2D eigenvalue weighted by Crippen LogP contribution is -2.30. The van der Waals surface area contributed by atoms with Gasteiger partial charge in [-0.1, -0.05) is 12.1 Å². The molecule has 4 heteroatoms. The van der Waals surface area contributed by atoms with Gasteiger partial charge in [0.05, 0.1) is 13.0 Å². The van der Waals surface area contributed by atoms with Gasteiger partial charge in [0, 0.05) is 6.04 Å². The lowest BCUT2D eigenvalue weighted by molar-refractivity contribution is -0.143. The predicted molar refractivity (Wildman–Crippen MR) is 82.5 cm³/mol. The van der Waals surface area contributed by atoms with Crippen LogP contribution in [0.25, 0.3) is 0 Å². The van der Waals surface area contributed by atoms with E-state index in [1.54, 1.807) is 7.11 Å². The molecule has 2 rings (SSSR count). The first-order valence-corrected chi connectivity index (χ1v) is 7.70. The molecule has 1 fully saturated rings. The van der Waals surface area contributed by atoms with Crippen LogP contribution in [0.15, 0.2) is 24.3 Å². The summed E-state index contributed by atoms with van der Waals surface area (Å²) >= 11 is 0. The van der Waals surface area contributed by atoms with Crippen molar-refractivity contribution < 1.29 is 14.6 Å². The summed E-state index contributed by atoms with van der Waals surface area (Å²) < 4.78 is 5.25. The van der Waals surface area contributed by atoms with Gasteiger partial charge in [0.1, 0.15) is 5.75 Å². The standard InChI is InChI=1S/C17H25NO3/c1-12(15-4-3-5-16(10-15)21-2)18-11-13-6-8-14(9-7-13)17(19)20/h3-5,10,12-14,18H,6-9,11H2,1-2H3,(H,19,20). The fourth-order valence-electron chi connectivity index (χ4n) is 2.99. The number of hydrogen-bond acceptors (Lipinski definition) is 3. The zero-order valence-corrected chi connectivity index (χ0v) is 12.8. The number of rotatable bonds is 6. The van der Waals surface area contributed by atoms with Gasteiger partial charge < -0.3 is 15.2 Å². The van der Waals surface area contributed by atoms with Crippen molar-refractivity contribution in [1.82, 2.24) is 5.32 Å². The minimum atomic E-state index is -0.633. The molecular weight excluding hydrogens is 266 g/mol. The minimum Gasteiger partial charge on any atom is -0.497 e. The van der Waals surface area contributed by atoms with Crippen molar-refractivity contribution in [2.45, 2.75) is 38.6 Å². The fraction of sp³-hybridized carbons (Fsp3) is 0.588. The molecule has 0 heterocycles. The van der Waals surface area contributed by atoms with Gasteiger partial charge in [-0.25, -0.2) is 0 Å². The Morgan fingerprint density at radius 3 is 2.71 bits per heavy atom. The molecule has 116 valence electrons. The van der Waals surface area contributed by atoms with Crippen molar-refractivity contribution in [2.24, 2.45) is 11.8 Å². The van der Waals surface area contributed by atoms with Crippen molar-refractivity contribution in [2.75, 3.05) is 13.7 Å². The molecule has 0 aromatic heterocycles. The molecule has 1 aromatic carbocycles. The van der Waals surface area contributed by atoms with E-state index in [2.05, 4.69) is 24.4 Å². The number of carboxylic acids is 1. The van der Waals surface area contributed by atoms with Crippen LogP contribution in [0.3, 0.4) is 0 Å². The van der Waals surface area contributed by atoms with E-state index in [1.807, 2.05) is 12.1 Å². The Labute approximate surface area is 126 Å². The quantitative estimate of drug-likeness (QED) is 0.845. The van der Waals surface area contributed by atoms with Crippen LogP contribution < -0.4 is 10.1 Å². The molecule has 1 aliphatic rings. The smallest absolute Gasteiger partial charge is 0.306 e. The number of aliphatic carboxylic acids is 1. The number of methoxy groups -OCH3 is 1. The van der Waals surface area contributed by atoms with E-state index in [-0.39, 0.29) is 12.0 Å². The molecule has 0 amide bonds. The summed E-state index contributed by atoms with van der Waals surface area (Å²) in [4.78, 5) is 10.9. The molecule has 1 saturated carbocycles. The molecule has 2 N–H and O–H groups in total. The van der Waals surface area contributed by atoms with E-state index in [0.29, 0.717) is 5.92 Å². The maximum absolute atomic E-state index is 10.9. The number of carboxylic acid groups (broad SMARTS) is 1. The monoisotopic (exact) mass is 291 g/mol. The Morgan fingerprint density at radius 1 is 1.38 bits per heavy atom. The Bertz CT molecular complexity index is 467. The second kappa shape index (κ2) is 7.46. The van der Waals surface area contributed by atoms with Gasteiger partial charge in [-0.2, -0.15) is 0 Å². The zero-order chi connectivity index (χ0) is 15.2. The molecule has 1 aliphatic carbocycles. The first-order valence-electron chi connectivity index (χ1n) is 7.70. The first-order chi connectivity index (χ1) is 10.1. The van der Waals surface area contributed by atoms with Crippen LogP contribution in [-0.2, 0) is 4.79 Å². The lowest BCUT2D eigenvalue weighted by atomic mass is 9.82. The summed E-state index contributed by atoms with van der Waals surface area (Å²) in [7, 11) is 1.68. The Morgan fingerprint density at radius 2 is 2.10 bits per heavy atom. The lowest BCUT2D eigenvalue weighted by Gasteiger charge is -2.27. The Balaban J connectivity index is 1.79. The average molecular weight is 291 g/mol. The highest BCUT2D eigenvalue weighted by molar-refractivity contribution is 5.69. The highest BCUT2D eigenvalue weighted by Gasteiger charge is 2.25. The molecule has 21 heavy (non-hydrogen) atoms. The molecule has 0 spiro atoms. The van der Waals surface area contributed by atoms with Gasteiger partial charge in [0.25, 0.3) is 0 Å². The normalized spacial score (nSPS) is 23.5. The van der Waals surface area contributed by atoms with E-state index in [9.17, 15) is 4.79 Å². The average Bonchev–Trinajstić information content (AvgIpc) is 2.53. The van der Waals surface area contributed by atoms with Gasteiger partial charge in [0.2, 0.25) is 0 Å². The van der Waals surface area contributed by atoms with Crippen molar-refractivity contribution in [1.29, 1.82) is 0 Å². The third kappa shape index (κ3) is 4.46. The highest BCUT2D eigenvalue weighted by Crippen LogP contribution is 2.29. The number of hydrogen-bond donors (Lipinski definition) is 2. The molecule has 0 saturated heterocycles. The summed E-state index contributed by atoms with van der Waals surface area (Å²) in [5.41, 5.74) is 1.22. The summed E-state index contributed by atoms with van der Waals surface area (Å²) in [6.45, 7) is 3.10. The van der Waals surface area contributed by atoms with Crippen LogP contribution in [0.1, 0.15) is 44.2 Å². The predicted octanol–water partition coefficient (Wildman–Crippen LogP) is 3.24. The largest absolute Gasteiger partial charge is 0.497 e. The molecule has 0 aliphatic heterocycles. The zero-order valence-electron chi connectivity index (χ0n) is 12.8. The fourth-order valence-corrected chi connectivity index (χ4v) is 2.99. The van der Waals surface area contributed by atoms with E-state index in [0.717, 1.165) is 38.0 Å². The van der Waals surface area contributed by atoms with Crippen LogP contribution in [-0.4, -0.2) is 24.7 Å². The summed E-state index contributed by atoms with van der Waals surface area (Å²) in [6.07, 6.45) is 3.65. The van der Waals surface area contributed by atoms with Crippen molar-refractivity contribution in [3.8, 4) is 5.75 Å². The topological polar surface area (TPSA) is 58.6 Å². The Hall–Kier alpha value is -1.55. The van der Waals surface area contributed by atoms with E-state index >= 15 is 0 Å². The highest BCUT2D eigenvalue weighted by atomic mass is 16.5. The molecule has 4 nitrogen and oxygen atoms in total. The van der Waals surface area contributed by atoms with Gasteiger partial charge in [-0.05, 0) is 62.8 Å². The van der Waals surface area contributed by atoms with Crippen LogP contribution in [0.2, 0.25) is 0 Å². The van der Waals surface area contributed by atoms with Crippen molar-refractivity contribution >= 4 is 5.97 Å². The van der Waals surface area contributed by atoms with Gasteiger partial charge in [-0.3, -0.25) is 4.79 Å². The number of nitrogens with one attached hydrogen (secondary N) is 1. The van der Waals surface area contributed by atoms with Crippen LogP contribution in [0, 0.1) is 11.8 Å². The van der Waals surface area contributed by atoms with Crippen LogP contribution in [0.5, 0.6) is 5.75 Å². The van der Waals surface area contributed by atoms with Gasteiger partial charge >= 0.3 is 5.97 Å². The summed E-state index contributed by atoms with van der Waals surface area (Å²) in [6, 6.07) is 8.38. The molecule has 1 unspecified atom stereocenters. The number of carbonyl (C=O) groups is 1. The minimum absolute atomic E-state index is 0.128. The molecule has 0 bridgehead atoms. The maximum Gasteiger partial charge on any atom is 0.306 e. The van der Waals surface area contributed by atoms with E-state index in [4.69, 9.17) is 9.84 Å². The molecular formula is C17H25NO3. The molecule has 1 aromatic rings. The third-order valence-electron chi connectivity index (χ3n) is 4.50.